The predicted molar refractivity (Wildman–Crippen MR) is 122 cm³/mol. The molecule has 2 heterocycles. The normalized spacial score (nSPS) is 23.3. The molecule has 184 valence electrons. The molecule has 1 aromatic rings. The van der Waals surface area contributed by atoms with Gasteiger partial charge in [-0.25, -0.2) is 9.59 Å². The second-order valence-corrected chi connectivity index (χ2v) is 9.39. The molecule has 9 heteroatoms. The molecule has 33 heavy (non-hydrogen) atoms. The van der Waals surface area contributed by atoms with Crippen LogP contribution in [0.25, 0.3) is 0 Å². The largest absolute Gasteiger partial charge is 0.493 e. The fourth-order valence-electron chi connectivity index (χ4n) is 5.08. The van der Waals surface area contributed by atoms with E-state index in [4.69, 9.17) is 19.3 Å². The average molecular weight is 465 g/mol. The number of carbonyl (C=O) groups is 2. The van der Waals surface area contributed by atoms with Crippen molar-refractivity contribution < 1.29 is 34.0 Å². The molecule has 1 aromatic carbocycles. The van der Waals surface area contributed by atoms with Gasteiger partial charge in [-0.05, 0) is 60.3 Å². The number of methoxy groups -OCH3 is 2. The summed E-state index contributed by atoms with van der Waals surface area (Å²) in [7, 11) is 3.28. The van der Waals surface area contributed by atoms with Gasteiger partial charge in [-0.2, -0.15) is 0 Å². The van der Waals surface area contributed by atoms with E-state index in [0.29, 0.717) is 17.6 Å². The number of hydrogen-bond donors (Lipinski definition) is 3. The first-order chi connectivity index (χ1) is 15.7. The molecular weight excluding hydrogens is 428 g/mol. The first kappa shape index (κ1) is 25.1. The van der Waals surface area contributed by atoms with Crippen LogP contribution in [-0.4, -0.2) is 73.7 Å². The van der Waals surface area contributed by atoms with Crippen molar-refractivity contribution in [1.82, 2.24) is 10.2 Å². The topological polar surface area (TPSA) is 118 Å². The van der Waals surface area contributed by atoms with Gasteiger partial charge < -0.3 is 29.7 Å². The third kappa shape index (κ3) is 6.09. The van der Waals surface area contributed by atoms with Gasteiger partial charge >= 0.3 is 12.1 Å². The molecule has 3 rings (SSSR count). The van der Waals surface area contributed by atoms with E-state index in [0.717, 1.165) is 38.1 Å². The number of rotatable bonds is 9. The van der Waals surface area contributed by atoms with Gasteiger partial charge in [-0.3, -0.25) is 4.90 Å². The zero-order chi connectivity index (χ0) is 24.1. The van der Waals surface area contributed by atoms with Crippen molar-refractivity contribution in [3.05, 3.63) is 23.3 Å². The highest BCUT2D eigenvalue weighted by Crippen LogP contribution is 2.45. The van der Waals surface area contributed by atoms with Crippen LogP contribution < -0.4 is 14.8 Å². The number of hydrogen-bond acceptors (Lipinski definition) is 7. The maximum atomic E-state index is 12.1. The molecule has 1 fully saturated rings. The number of fused-ring (bicyclic) bond motifs is 3. The number of aliphatic carboxylic acids is 1. The van der Waals surface area contributed by atoms with Gasteiger partial charge in [0.1, 0.15) is 0 Å². The highest BCUT2D eigenvalue weighted by Gasteiger charge is 2.40. The zero-order valence-corrected chi connectivity index (χ0v) is 19.9. The summed E-state index contributed by atoms with van der Waals surface area (Å²) < 4.78 is 16.5. The van der Waals surface area contributed by atoms with Crippen LogP contribution in [0.15, 0.2) is 12.1 Å². The number of amides is 1. The van der Waals surface area contributed by atoms with Crippen LogP contribution in [0.1, 0.15) is 43.9 Å². The summed E-state index contributed by atoms with van der Waals surface area (Å²) in [6.07, 6.45) is 0.479. The second-order valence-electron chi connectivity index (χ2n) is 9.39. The predicted octanol–water partition coefficient (Wildman–Crippen LogP) is 2.46. The van der Waals surface area contributed by atoms with Crippen molar-refractivity contribution in [3.8, 4) is 11.5 Å². The Morgan fingerprint density at radius 3 is 2.52 bits per heavy atom. The van der Waals surface area contributed by atoms with Crippen LogP contribution >= 0.6 is 0 Å². The van der Waals surface area contributed by atoms with E-state index in [-0.39, 0.29) is 25.1 Å². The van der Waals surface area contributed by atoms with Crippen molar-refractivity contribution in [1.29, 1.82) is 0 Å². The van der Waals surface area contributed by atoms with Gasteiger partial charge in [0.25, 0.3) is 0 Å². The minimum absolute atomic E-state index is 0.169. The van der Waals surface area contributed by atoms with E-state index in [1.54, 1.807) is 14.2 Å². The molecule has 0 spiro atoms. The Labute approximate surface area is 195 Å². The Hall–Kier alpha value is -2.52. The lowest BCUT2D eigenvalue weighted by Gasteiger charge is -2.47. The van der Waals surface area contributed by atoms with Crippen LogP contribution in [0.3, 0.4) is 0 Å². The van der Waals surface area contributed by atoms with E-state index in [1.165, 1.54) is 11.1 Å². The third-order valence-corrected chi connectivity index (χ3v) is 6.70. The number of aliphatic hydroxyl groups is 1. The molecule has 0 saturated carbocycles. The van der Waals surface area contributed by atoms with E-state index >= 15 is 0 Å². The van der Waals surface area contributed by atoms with Crippen molar-refractivity contribution >= 4 is 12.1 Å². The lowest BCUT2D eigenvalue weighted by Crippen LogP contribution is -2.47. The van der Waals surface area contributed by atoms with Crippen molar-refractivity contribution in [3.63, 3.8) is 0 Å². The van der Waals surface area contributed by atoms with Crippen LogP contribution in [0.2, 0.25) is 0 Å². The maximum absolute atomic E-state index is 12.1. The van der Waals surface area contributed by atoms with Gasteiger partial charge in [-0.1, -0.05) is 13.8 Å². The molecule has 9 nitrogen and oxygen atoms in total. The van der Waals surface area contributed by atoms with Crippen LogP contribution in [0.4, 0.5) is 4.79 Å². The summed E-state index contributed by atoms with van der Waals surface area (Å²) in [6.45, 7) is 6.17. The highest BCUT2D eigenvalue weighted by molar-refractivity contribution is 5.74. The van der Waals surface area contributed by atoms with Crippen molar-refractivity contribution in [2.24, 2.45) is 17.8 Å². The summed E-state index contributed by atoms with van der Waals surface area (Å²) in [5.74, 6) is 1.14. The molecular formula is C24H36N2O7. The Morgan fingerprint density at radius 1 is 1.18 bits per heavy atom. The van der Waals surface area contributed by atoms with Gasteiger partial charge in [-0.15, -0.1) is 0 Å². The summed E-state index contributed by atoms with van der Waals surface area (Å²) in [5.41, 5.74) is 2.50. The lowest BCUT2D eigenvalue weighted by molar-refractivity contribution is -0.146. The molecule has 4 atom stereocenters. The minimum Gasteiger partial charge on any atom is -0.493 e. The lowest BCUT2D eigenvalue weighted by atomic mass is 9.74. The monoisotopic (exact) mass is 464 g/mol. The minimum atomic E-state index is -1.65. The fraction of sp³-hybridized carbons (Fsp3) is 0.667. The smallest absolute Gasteiger partial charge is 0.407 e. The standard InChI is InChI=1S/C24H36N2O7/c1-14(2)7-16-12-26-6-5-15-9-21(31-3)22(32-4)10-18(15)19(26)8-17(16)13-33-24(30)25-11-20(27)23(28)29/h9-10,14,16-17,19-20,27H,5-8,11-13H2,1-4H3,(H,25,30)(H,28,29). The quantitative estimate of drug-likeness (QED) is 0.510. The SMILES string of the molecule is COc1cc2c(cc1OC)C1CC(COC(=O)NCC(O)C(=O)O)C(CC(C)C)CN1CC2. The molecule has 0 aliphatic carbocycles. The van der Waals surface area contributed by atoms with Gasteiger partial charge in [0.05, 0.1) is 27.4 Å². The molecule has 2 aliphatic rings. The molecule has 0 aromatic heterocycles. The van der Waals surface area contributed by atoms with E-state index < -0.39 is 18.2 Å². The fourth-order valence-corrected chi connectivity index (χ4v) is 5.08. The molecule has 0 radical (unpaired) electrons. The van der Waals surface area contributed by atoms with Crippen molar-refractivity contribution in [2.75, 3.05) is 40.5 Å². The Kier molecular flexibility index (Phi) is 8.42. The van der Waals surface area contributed by atoms with E-state index in [1.807, 2.05) is 0 Å². The number of aliphatic hydroxyl groups excluding tert-OH is 1. The zero-order valence-electron chi connectivity index (χ0n) is 19.9. The van der Waals surface area contributed by atoms with Crippen LogP contribution in [0.5, 0.6) is 11.5 Å². The van der Waals surface area contributed by atoms with E-state index in [2.05, 4.69) is 36.2 Å². The number of piperidine rings is 1. The van der Waals surface area contributed by atoms with Gasteiger partial charge in [0, 0.05) is 19.1 Å². The molecule has 1 saturated heterocycles. The Balaban J connectivity index is 1.73. The number of benzene rings is 1. The molecule has 0 bridgehead atoms. The number of carboxylic acids is 1. The van der Waals surface area contributed by atoms with E-state index in [9.17, 15) is 14.7 Å². The van der Waals surface area contributed by atoms with Gasteiger partial charge in [0.2, 0.25) is 0 Å². The van der Waals surface area contributed by atoms with Crippen LogP contribution in [-0.2, 0) is 16.0 Å². The number of ether oxygens (including phenoxy) is 3. The third-order valence-electron chi connectivity index (χ3n) is 6.70. The van der Waals surface area contributed by atoms with Crippen LogP contribution in [0, 0.1) is 17.8 Å². The Bertz CT molecular complexity index is 844. The molecule has 3 N–H and O–H groups in total. The first-order valence-electron chi connectivity index (χ1n) is 11.5. The highest BCUT2D eigenvalue weighted by atomic mass is 16.5. The summed E-state index contributed by atoms with van der Waals surface area (Å²) >= 11 is 0. The maximum Gasteiger partial charge on any atom is 0.407 e. The number of alkyl carbamates (subject to hydrolysis) is 1. The number of nitrogens with zero attached hydrogens (tertiary/aromatic N) is 1. The molecule has 4 unspecified atom stereocenters. The average Bonchev–Trinajstić information content (AvgIpc) is 2.79. The van der Waals surface area contributed by atoms with Gasteiger partial charge in [0.15, 0.2) is 17.6 Å². The molecule has 2 aliphatic heterocycles. The summed E-state index contributed by atoms with van der Waals surface area (Å²) in [6, 6.07) is 4.35. The Morgan fingerprint density at radius 2 is 1.88 bits per heavy atom. The molecule has 1 amide bonds. The van der Waals surface area contributed by atoms with Crippen molar-refractivity contribution in [2.45, 2.75) is 45.3 Å². The second kappa shape index (κ2) is 11.1. The first-order valence-corrected chi connectivity index (χ1v) is 11.5. The number of carbonyl (C=O) groups excluding carboxylic acids is 1. The number of nitrogens with one attached hydrogen (secondary N) is 1. The summed E-state index contributed by atoms with van der Waals surface area (Å²) in [5, 5.41) is 20.4. The summed E-state index contributed by atoms with van der Waals surface area (Å²) in [4.78, 5) is 25.3. The number of carboxylic acid groups (broad SMARTS) is 1.